The van der Waals surface area contributed by atoms with Crippen LogP contribution in [-0.4, -0.2) is 24.6 Å². The number of rotatable bonds is 6. The first kappa shape index (κ1) is 20.1. The van der Waals surface area contributed by atoms with Gasteiger partial charge in [0, 0.05) is 5.02 Å². The number of benzene rings is 2. The summed E-state index contributed by atoms with van der Waals surface area (Å²) in [5.74, 6) is -0.586. The SMILES string of the molecule is Cc1ccc(OCC(=O)O[C@@H](C)C(=O)Nc2ccc(Cl)cc2Cl)cc1C. The lowest BCUT2D eigenvalue weighted by Gasteiger charge is -2.15. The summed E-state index contributed by atoms with van der Waals surface area (Å²) < 4.78 is 10.5. The van der Waals surface area contributed by atoms with Crippen LogP contribution in [-0.2, 0) is 14.3 Å². The molecule has 7 heteroatoms. The number of carbonyl (C=O) groups is 2. The number of hydrogen-bond donors (Lipinski definition) is 1. The van der Waals surface area contributed by atoms with Crippen molar-refractivity contribution in [2.24, 2.45) is 0 Å². The second kappa shape index (κ2) is 8.92. The second-order valence-corrected chi connectivity index (χ2v) is 6.62. The molecule has 0 radical (unpaired) electrons. The van der Waals surface area contributed by atoms with E-state index in [2.05, 4.69) is 5.32 Å². The molecule has 138 valence electrons. The maximum atomic E-state index is 12.1. The molecule has 0 heterocycles. The average molecular weight is 396 g/mol. The molecule has 5 nitrogen and oxygen atoms in total. The molecule has 2 rings (SSSR count). The Bertz CT molecular complexity index is 823. The van der Waals surface area contributed by atoms with Crippen LogP contribution in [0.5, 0.6) is 5.75 Å². The van der Waals surface area contributed by atoms with Crippen molar-refractivity contribution in [2.45, 2.75) is 26.9 Å². The predicted molar refractivity (Wildman–Crippen MR) is 102 cm³/mol. The van der Waals surface area contributed by atoms with Crippen LogP contribution in [0.2, 0.25) is 10.0 Å². The highest BCUT2D eigenvalue weighted by atomic mass is 35.5. The molecule has 0 saturated heterocycles. The molecule has 2 aromatic carbocycles. The van der Waals surface area contributed by atoms with Gasteiger partial charge in [0.05, 0.1) is 10.7 Å². The van der Waals surface area contributed by atoms with Gasteiger partial charge in [-0.1, -0.05) is 29.3 Å². The van der Waals surface area contributed by atoms with Crippen LogP contribution in [0.4, 0.5) is 5.69 Å². The molecule has 0 fully saturated rings. The van der Waals surface area contributed by atoms with E-state index in [4.69, 9.17) is 32.7 Å². The third kappa shape index (κ3) is 5.64. The minimum absolute atomic E-state index is 0.290. The monoisotopic (exact) mass is 395 g/mol. The normalized spacial score (nSPS) is 11.6. The number of nitrogens with one attached hydrogen (secondary N) is 1. The van der Waals surface area contributed by atoms with Crippen molar-refractivity contribution in [2.75, 3.05) is 11.9 Å². The Morgan fingerprint density at radius 3 is 2.46 bits per heavy atom. The van der Waals surface area contributed by atoms with Gasteiger partial charge in [-0.25, -0.2) is 4.79 Å². The summed E-state index contributed by atoms with van der Waals surface area (Å²) in [6.45, 7) is 5.12. The first-order chi connectivity index (χ1) is 12.3. The van der Waals surface area contributed by atoms with Crippen LogP contribution in [0.25, 0.3) is 0 Å². The Hall–Kier alpha value is -2.24. The van der Waals surface area contributed by atoms with Gasteiger partial charge in [0.2, 0.25) is 0 Å². The summed E-state index contributed by atoms with van der Waals surface area (Å²) in [5.41, 5.74) is 2.57. The largest absolute Gasteiger partial charge is 0.482 e. The molecule has 0 aliphatic heterocycles. The van der Waals surface area contributed by atoms with Crippen molar-refractivity contribution in [3.63, 3.8) is 0 Å². The number of halogens is 2. The molecule has 1 N–H and O–H groups in total. The van der Waals surface area contributed by atoms with Crippen LogP contribution in [0.1, 0.15) is 18.1 Å². The Morgan fingerprint density at radius 2 is 1.81 bits per heavy atom. The Balaban J connectivity index is 1.85. The smallest absolute Gasteiger partial charge is 0.344 e. The van der Waals surface area contributed by atoms with Gasteiger partial charge in [-0.3, -0.25) is 4.79 Å². The van der Waals surface area contributed by atoms with Crippen molar-refractivity contribution < 1.29 is 19.1 Å². The molecular weight excluding hydrogens is 377 g/mol. The summed E-state index contributed by atoms with van der Waals surface area (Å²) >= 11 is 11.8. The predicted octanol–water partition coefficient (Wildman–Crippen LogP) is 4.56. The van der Waals surface area contributed by atoms with Gasteiger partial charge in [0.1, 0.15) is 5.75 Å². The highest BCUT2D eigenvalue weighted by Crippen LogP contribution is 2.25. The van der Waals surface area contributed by atoms with Gasteiger partial charge in [-0.15, -0.1) is 0 Å². The van der Waals surface area contributed by atoms with Crippen molar-refractivity contribution in [3.05, 3.63) is 57.6 Å². The zero-order chi connectivity index (χ0) is 19.3. The molecule has 1 atom stereocenters. The van der Waals surface area contributed by atoms with E-state index in [-0.39, 0.29) is 6.61 Å². The molecule has 0 aliphatic rings. The van der Waals surface area contributed by atoms with E-state index in [1.165, 1.54) is 13.0 Å². The van der Waals surface area contributed by atoms with E-state index >= 15 is 0 Å². The van der Waals surface area contributed by atoms with Crippen molar-refractivity contribution in [1.29, 1.82) is 0 Å². The molecule has 0 bridgehead atoms. The van der Waals surface area contributed by atoms with Crippen LogP contribution in [0.3, 0.4) is 0 Å². The molecule has 0 unspecified atom stereocenters. The van der Waals surface area contributed by atoms with Crippen LogP contribution < -0.4 is 10.1 Å². The van der Waals surface area contributed by atoms with Gasteiger partial charge in [0.25, 0.3) is 5.91 Å². The second-order valence-electron chi connectivity index (χ2n) is 5.78. The zero-order valence-electron chi connectivity index (χ0n) is 14.6. The maximum absolute atomic E-state index is 12.1. The maximum Gasteiger partial charge on any atom is 0.344 e. The minimum Gasteiger partial charge on any atom is -0.482 e. The number of amides is 1. The average Bonchev–Trinajstić information content (AvgIpc) is 2.58. The minimum atomic E-state index is -1.00. The third-order valence-corrected chi connectivity index (χ3v) is 4.25. The number of esters is 1. The first-order valence-corrected chi connectivity index (χ1v) is 8.67. The molecule has 0 aromatic heterocycles. The van der Waals surface area contributed by atoms with Crippen molar-refractivity contribution in [3.8, 4) is 5.75 Å². The van der Waals surface area contributed by atoms with E-state index in [1.54, 1.807) is 18.2 Å². The van der Waals surface area contributed by atoms with Crippen LogP contribution in [0.15, 0.2) is 36.4 Å². The molecular formula is C19H19Cl2NO4. The quantitative estimate of drug-likeness (QED) is 0.728. The zero-order valence-corrected chi connectivity index (χ0v) is 16.1. The number of aryl methyl sites for hydroxylation is 2. The fourth-order valence-electron chi connectivity index (χ4n) is 2.06. The van der Waals surface area contributed by atoms with Gasteiger partial charge in [-0.05, 0) is 62.2 Å². The molecule has 0 aliphatic carbocycles. The molecule has 26 heavy (non-hydrogen) atoms. The van der Waals surface area contributed by atoms with E-state index in [0.29, 0.717) is 21.5 Å². The molecule has 2 aromatic rings. The topological polar surface area (TPSA) is 64.6 Å². The van der Waals surface area contributed by atoms with E-state index in [9.17, 15) is 9.59 Å². The third-order valence-electron chi connectivity index (χ3n) is 3.70. The Kier molecular flexibility index (Phi) is 6.89. The highest BCUT2D eigenvalue weighted by molar-refractivity contribution is 6.36. The molecule has 0 saturated carbocycles. The summed E-state index contributed by atoms with van der Waals surface area (Å²) in [6, 6.07) is 10.2. The van der Waals surface area contributed by atoms with Gasteiger partial charge < -0.3 is 14.8 Å². The van der Waals surface area contributed by atoms with Gasteiger partial charge in [-0.2, -0.15) is 0 Å². The summed E-state index contributed by atoms with van der Waals surface area (Å²) in [4.78, 5) is 24.0. The fraction of sp³-hybridized carbons (Fsp3) is 0.263. The summed E-state index contributed by atoms with van der Waals surface area (Å²) in [5, 5.41) is 3.33. The van der Waals surface area contributed by atoms with Crippen molar-refractivity contribution in [1.82, 2.24) is 0 Å². The van der Waals surface area contributed by atoms with E-state index in [0.717, 1.165) is 11.1 Å². The Morgan fingerprint density at radius 1 is 1.08 bits per heavy atom. The van der Waals surface area contributed by atoms with Crippen molar-refractivity contribution >= 4 is 40.8 Å². The highest BCUT2D eigenvalue weighted by Gasteiger charge is 2.19. The Labute approximate surface area is 162 Å². The number of anilines is 1. The van der Waals surface area contributed by atoms with Crippen LogP contribution >= 0.6 is 23.2 Å². The van der Waals surface area contributed by atoms with Gasteiger partial charge in [0.15, 0.2) is 12.7 Å². The number of carbonyl (C=O) groups excluding carboxylic acids is 2. The standard InChI is InChI=1S/C19H19Cl2NO4/c1-11-4-6-15(8-12(11)2)25-10-18(23)26-13(3)19(24)22-17-7-5-14(20)9-16(17)21/h4-9,13H,10H2,1-3H3,(H,22,24)/t13-/m0/s1. The van der Waals surface area contributed by atoms with Crippen LogP contribution in [0, 0.1) is 13.8 Å². The van der Waals surface area contributed by atoms with Gasteiger partial charge >= 0.3 is 5.97 Å². The van der Waals surface area contributed by atoms with E-state index in [1.807, 2.05) is 26.0 Å². The molecule has 1 amide bonds. The fourth-order valence-corrected chi connectivity index (χ4v) is 2.51. The first-order valence-electron chi connectivity index (χ1n) is 7.91. The van der Waals surface area contributed by atoms with E-state index < -0.39 is 18.0 Å². The summed E-state index contributed by atoms with van der Waals surface area (Å²) in [7, 11) is 0. The summed E-state index contributed by atoms with van der Waals surface area (Å²) in [6.07, 6.45) is -1.00. The lowest BCUT2D eigenvalue weighted by Crippen LogP contribution is -2.31. The molecule has 0 spiro atoms. The lowest BCUT2D eigenvalue weighted by molar-refractivity contribution is -0.155. The number of hydrogen-bond acceptors (Lipinski definition) is 4. The lowest BCUT2D eigenvalue weighted by atomic mass is 10.1. The number of ether oxygens (including phenoxy) is 2.